The van der Waals surface area contributed by atoms with Crippen LogP contribution >= 0.6 is 0 Å². The van der Waals surface area contributed by atoms with Crippen molar-refractivity contribution in [1.82, 2.24) is 0 Å². The highest BCUT2D eigenvalue weighted by Crippen LogP contribution is 2.36. The van der Waals surface area contributed by atoms with Gasteiger partial charge in [0.25, 0.3) is 0 Å². The molecule has 0 aromatic heterocycles. The lowest BCUT2D eigenvalue weighted by Gasteiger charge is -2.24. The molecule has 0 saturated carbocycles. The van der Waals surface area contributed by atoms with Crippen molar-refractivity contribution in [2.24, 2.45) is 0 Å². The van der Waals surface area contributed by atoms with E-state index < -0.39 is 0 Å². The van der Waals surface area contributed by atoms with Crippen molar-refractivity contribution in [1.29, 1.82) is 0 Å². The highest BCUT2D eigenvalue weighted by molar-refractivity contribution is 5.46. The second kappa shape index (κ2) is 6.92. The summed E-state index contributed by atoms with van der Waals surface area (Å²) in [6.07, 6.45) is -0.0490. The summed E-state index contributed by atoms with van der Waals surface area (Å²) in [5.41, 5.74) is 2.13. The number of ether oxygens (including phenoxy) is 4. The molecule has 1 aliphatic rings. The molecule has 2 aromatic carbocycles. The third-order valence-electron chi connectivity index (χ3n) is 3.70. The predicted octanol–water partition coefficient (Wildman–Crippen LogP) is 3.98. The maximum absolute atomic E-state index is 6.15. The Kier molecular flexibility index (Phi) is 4.72. The van der Waals surface area contributed by atoms with Crippen molar-refractivity contribution >= 4 is 0 Å². The minimum absolute atomic E-state index is 0.107. The van der Waals surface area contributed by atoms with Crippen molar-refractivity contribution in [2.75, 3.05) is 20.3 Å². The zero-order valence-electron chi connectivity index (χ0n) is 13.7. The van der Waals surface area contributed by atoms with E-state index in [1.165, 1.54) is 0 Å². The zero-order chi connectivity index (χ0) is 16.2. The minimum atomic E-state index is -0.156. The van der Waals surface area contributed by atoms with Crippen LogP contribution in [0.4, 0.5) is 0 Å². The van der Waals surface area contributed by atoms with E-state index in [-0.39, 0.29) is 12.2 Å². The van der Waals surface area contributed by atoms with E-state index in [0.29, 0.717) is 13.2 Å². The Morgan fingerprint density at radius 2 is 1.52 bits per heavy atom. The summed E-state index contributed by atoms with van der Waals surface area (Å²) in [6.45, 7) is 5.24. The molecule has 1 aliphatic heterocycles. The number of hydrogen-bond donors (Lipinski definition) is 0. The Bertz CT molecular complexity index is 649. The fourth-order valence-corrected chi connectivity index (χ4v) is 2.62. The lowest BCUT2D eigenvalue weighted by Crippen LogP contribution is -2.17. The van der Waals surface area contributed by atoms with Gasteiger partial charge in [-0.15, -0.1) is 0 Å². The Hall–Kier alpha value is -2.20. The maximum Gasteiger partial charge on any atom is 0.161 e. The van der Waals surface area contributed by atoms with Crippen LogP contribution in [0.25, 0.3) is 0 Å². The number of fused-ring (bicyclic) bond motifs is 1. The summed E-state index contributed by atoms with van der Waals surface area (Å²) in [6, 6.07) is 13.9. The zero-order valence-corrected chi connectivity index (χ0v) is 13.7. The Balaban J connectivity index is 1.94. The first-order chi connectivity index (χ1) is 11.2. The Labute approximate surface area is 136 Å². The van der Waals surface area contributed by atoms with E-state index in [4.69, 9.17) is 18.9 Å². The number of methoxy groups -OCH3 is 1. The molecule has 0 N–H and O–H groups in total. The molecule has 3 rings (SSSR count). The van der Waals surface area contributed by atoms with Crippen LogP contribution in [-0.2, 0) is 4.74 Å². The average molecular weight is 314 g/mol. The van der Waals surface area contributed by atoms with Crippen LogP contribution in [0.15, 0.2) is 42.5 Å². The van der Waals surface area contributed by atoms with Gasteiger partial charge >= 0.3 is 0 Å². The molecule has 4 heteroatoms. The van der Waals surface area contributed by atoms with Crippen molar-refractivity contribution in [3.05, 3.63) is 53.6 Å². The highest BCUT2D eigenvalue weighted by atomic mass is 16.6. The SMILES string of the molecule is COc1ccc(C(OC(C)C)c2ccc3c(c2)OCCO3)cc1. The smallest absolute Gasteiger partial charge is 0.161 e. The highest BCUT2D eigenvalue weighted by Gasteiger charge is 2.20. The summed E-state index contributed by atoms with van der Waals surface area (Å²) in [5, 5.41) is 0. The van der Waals surface area contributed by atoms with Crippen LogP contribution in [0.5, 0.6) is 17.2 Å². The number of hydrogen-bond acceptors (Lipinski definition) is 4. The summed E-state index contributed by atoms with van der Waals surface area (Å²) < 4.78 is 22.7. The molecule has 0 amide bonds. The summed E-state index contributed by atoms with van der Waals surface area (Å²) in [4.78, 5) is 0. The predicted molar refractivity (Wildman–Crippen MR) is 88.5 cm³/mol. The van der Waals surface area contributed by atoms with Gasteiger partial charge in [0.05, 0.1) is 13.2 Å². The molecule has 23 heavy (non-hydrogen) atoms. The van der Waals surface area contributed by atoms with Gasteiger partial charge in [-0.25, -0.2) is 0 Å². The molecule has 122 valence electrons. The topological polar surface area (TPSA) is 36.9 Å². The standard InChI is InChI=1S/C19H22O4/c1-13(2)23-19(14-4-7-16(20-3)8-5-14)15-6-9-17-18(12-15)22-11-10-21-17/h4-9,12-13,19H,10-11H2,1-3H3. The van der Waals surface area contributed by atoms with E-state index in [0.717, 1.165) is 28.4 Å². The quantitative estimate of drug-likeness (QED) is 0.836. The van der Waals surface area contributed by atoms with Gasteiger partial charge in [-0.05, 0) is 49.2 Å². The molecule has 0 fully saturated rings. The minimum Gasteiger partial charge on any atom is -0.497 e. The molecule has 0 spiro atoms. The number of benzene rings is 2. The third-order valence-corrected chi connectivity index (χ3v) is 3.70. The summed E-state index contributed by atoms with van der Waals surface area (Å²) >= 11 is 0. The Morgan fingerprint density at radius 1 is 0.870 bits per heavy atom. The molecule has 1 heterocycles. The van der Waals surface area contributed by atoms with Gasteiger partial charge in [-0.3, -0.25) is 0 Å². The van der Waals surface area contributed by atoms with Gasteiger partial charge in [0.15, 0.2) is 11.5 Å². The molecule has 0 radical (unpaired) electrons. The number of rotatable bonds is 5. The van der Waals surface area contributed by atoms with Crippen molar-refractivity contribution in [3.63, 3.8) is 0 Å². The lowest BCUT2D eigenvalue weighted by atomic mass is 10.0. The fraction of sp³-hybridized carbons (Fsp3) is 0.368. The van der Waals surface area contributed by atoms with Crippen LogP contribution in [0.1, 0.15) is 31.1 Å². The van der Waals surface area contributed by atoms with Crippen LogP contribution < -0.4 is 14.2 Å². The van der Waals surface area contributed by atoms with E-state index >= 15 is 0 Å². The molecule has 0 bridgehead atoms. The van der Waals surface area contributed by atoms with Gasteiger partial charge in [0.2, 0.25) is 0 Å². The molecule has 4 nitrogen and oxygen atoms in total. The van der Waals surface area contributed by atoms with Crippen LogP contribution in [-0.4, -0.2) is 26.4 Å². The first kappa shape index (κ1) is 15.7. The average Bonchev–Trinajstić information content (AvgIpc) is 2.59. The molecule has 2 aromatic rings. The monoisotopic (exact) mass is 314 g/mol. The Morgan fingerprint density at radius 3 is 2.17 bits per heavy atom. The largest absolute Gasteiger partial charge is 0.497 e. The molecule has 1 atom stereocenters. The van der Waals surface area contributed by atoms with Gasteiger partial charge in [0.1, 0.15) is 25.1 Å². The molecule has 1 unspecified atom stereocenters. The maximum atomic E-state index is 6.15. The fourth-order valence-electron chi connectivity index (χ4n) is 2.62. The molecule has 0 saturated heterocycles. The van der Waals surface area contributed by atoms with E-state index in [9.17, 15) is 0 Å². The van der Waals surface area contributed by atoms with Gasteiger partial charge in [-0.1, -0.05) is 18.2 Å². The molecule has 0 aliphatic carbocycles. The second-order valence-electron chi connectivity index (χ2n) is 5.74. The van der Waals surface area contributed by atoms with Crippen molar-refractivity contribution < 1.29 is 18.9 Å². The van der Waals surface area contributed by atoms with E-state index in [2.05, 4.69) is 0 Å². The normalized spacial score (nSPS) is 14.6. The van der Waals surface area contributed by atoms with Crippen molar-refractivity contribution in [2.45, 2.75) is 26.1 Å². The first-order valence-electron chi connectivity index (χ1n) is 7.86. The van der Waals surface area contributed by atoms with Gasteiger partial charge in [-0.2, -0.15) is 0 Å². The molecular weight excluding hydrogens is 292 g/mol. The molecular formula is C19H22O4. The second-order valence-corrected chi connectivity index (χ2v) is 5.74. The van der Waals surface area contributed by atoms with Crippen LogP contribution in [0.2, 0.25) is 0 Å². The first-order valence-corrected chi connectivity index (χ1v) is 7.86. The van der Waals surface area contributed by atoms with Crippen LogP contribution in [0, 0.1) is 0 Å². The van der Waals surface area contributed by atoms with E-state index in [1.807, 2.05) is 56.3 Å². The van der Waals surface area contributed by atoms with E-state index in [1.54, 1.807) is 7.11 Å². The van der Waals surface area contributed by atoms with Gasteiger partial charge in [0, 0.05) is 0 Å². The van der Waals surface area contributed by atoms with Crippen molar-refractivity contribution in [3.8, 4) is 17.2 Å². The summed E-state index contributed by atoms with van der Waals surface area (Å²) in [5.74, 6) is 2.40. The van der Waals surface area contributed by atoms with Crippen LogP contribution in [0.3, 0.4) is 0 Å². The van der Waals surface area contributed by atoms with Gasteiger partial charge < -0.3 is 18.9 Å². The third kappa shape index (κ3) is 3.59. The summed E-state index contributed by atoms with van der Waals surface area (Å²) in [7, 11) is 1.66. The lowest BCUT2D eigenvalue weighted by molar-refractivity contribution is 0.0301.